The van der Waals surface area contributed by atoms with E-state index in [2.05, 4.69) is 42.0 Å². The highest BCUT2D eigenvalue weighted by atomic mass is 15.2. The van der Waals surface area contributed by atoms with Gasteiger partial charge in [0.25, 0.3) is 0 Å². The van der Waals surface area contributed by atoms with Crippen LogP contribution in [-0.2, 0) is 6.54 Å². The van der Waals surface area contributed by atoms with Gasteiger partial charge in [0.2, 0.25) is 0 Å². The fourth-order valence-electron chi connectivity index (χ4n) is 2.69. The van der Waals surface area contributed by atoms with Crippen molar-refractivity contribution in [1.82, 2.24) is 15.2 Å². The van der Waals surface area contributed by atoms with E-state index in [-0.39, 0.29) is 0 Å². The molecular weight excluding hydrogens is 222 g/mol. The van der Waals surface area contributed by atoms with Gasteiger partial charge in [-0.05, 0) is 31.4 Å². The van der Waals surface area contributed by atoms with E-state index in [0.717, 1.165) is 19.6 Å². The molecule has 0 radical (unpaired) electrons. The maximum absolute atomic E-state index is 4.29. The Kier molecular flexibility index (Phi) is 4.72. The second-order valence-electron chi connectivity index (χ2n) is 5.54. The van der Waals surface area contributed by atoms with Gasteiger partial charge in [0.15, 0.2) is 0 Å². The Balaban J connectivity index is 1.98. The predicted octanol–water partition coefficient (Wildman–Crippen LogP) is 2.35. The summed E-state index contributed by atoms with van der Waals surface area (Å²) in [5.41, 5.74) is 2.58. The van der Waals surface area contributed by atoms with Crippen LogP contribution >= 0.6 is 0 Å². The number of nitrogens with one attached hydrogen (secondary N) is 1. The summed E-state index contributed by atoms with van der Waals surface area (Å²) in [7, 11) is 0. The first-order valence-electron chi connectivity index (χ1n) is 7.07. The van der Waals surface area contributed by atoms with E-state index in [1.54, 1.807) is 0 Å². The van der Waals surface area contributed by atoms with Crippen LogP contribution < -0.4 is 5.32 Å². The molecule has 1 fully saturated rings. The average Bonchev–Trinajstić information content (AvgIpc) is 2.34. The van der Waals surface area contributed by atoms with Crippen LogP contribution in [0.15, 0.2) is 18.5 Å². The summed E-state index contributed by atoms with van der Waals surface area (Å²) >= 11 is 0. The van der Waals surface area contributed by atoms with Crippen LogP contribution in [0, 0.1) is 6.92 Å². The van der Waals surface area contributed by atoms with Crippen molar-refractivity contribution in [1.29, 1.82) is 0 Å². The molecule has 0 aliphatic carbocycles. The van der Waals surface area contributed by atoms with Crippen molar-refractivity contribution in [3.63, 3.8) is 0 Å². The summed E-state index contributed by atoms with van der Waals surface area (Å²) in [6.45, 7) is 9.95. The zero-order chi connectivity index (χ0) is 13.0. The number of hydrogen-bond donors (Lipinski definition) is 1. The molecule has 2 rings (SSSR count). The van der Waals surface area contributed by atoms with E-state index < -0.39 is 0 Å². The zero-order valence-electron chi connectivity index (χ0n) is 11.8. The third kappa shape index (κ3) is 3.53. The highest BCUT2D eigenvalue weighted by Gasteiger charge is 2.24. The van der Waals surface area contributed by atoms with Crippen molar-refractivity contribution in [2.45, 2.75) is 52.2 Å². The molecule has 1 aromatic heterocycles. The number of piperazine rings is 1. The fraction of sp³-hybridized carbons (Fsp3) is 0.667. The van der Waals surface area contributed by atoms with E-state index in [0.29, 0.717) is 12.1 Å². The van der Waals surface area contributed by atoms with Crippen LogP contribution in [0.1, 0.15) is 37.8 Å². The maximum atomic E-state index is 4.29. The van der Waals surface area contributed by atoms with Crippen molar-refractivity contribution in [3.05, 3.63) is 29.6 Å². The van der Waals surface area contributed by atoms with Crippen molar-refractivity contribution in [2.75, 3.05) is 13.1 Å². The normalized spacial score (nSPS) is 25.3. The van der Waals surface area contributed by atoms with Crippen LogP contribution in [0.4, 0.5) is 0 Å². The van der Waals surface area contributed by atoms with Crippen LogP contribution in [-0.4, -0.2) is 35.1 Å². The summed E-state index contributed by atoms with van der Waals surface area (Å²) in [6.07, 6.45) is 6.45. The molecule has 3 nitrogen and oxygen atoms in total. The van der Waals surface area contributed by atoms with E-state index in [4.69, 9.17) is 0 Å². The summed E-state index contributed by atoms with van der Waals surface area (Å²) in [5.74, 6) is 0. The first kappa shape index (κ1) is 13.5. The number of aryl methyl sites for hydroxylation is 1. The van der Waals surface area contributed by atoms with E-state index in [1.807, 2.05) is 12.4 Å². The largest absolute Gasteiger partial charge is 0.311 e. The molecule has 1 aromatic rings. The number of rotatable bonds is 4. The van der Waals surface area contributed by atoms with Crippen molar-refractivity contribution >= 4 is 0 Å². The molecule has 1 N–H and O–H groups in total. The van der Waals surface area contributed by atoms with Gasteiger partial charge in [-0.25, -0.2) is 0 Å². The molecular formula is C15H25N3. The van der Waals surface area contributed by atoms with Crippen LogP contribution in [0.3, 0.4) is 0 Å². The lowest BCUT2D eigenvalue weighted by atomic mass is 10.0. The lowest BCUT2D eigenvalue weighted by Crippen LogP contribution is -2.54. The van der Waals surface area contributed by atoms with Gasteiger partial charge in [0.1, 0.15) is 0 Å². The summed E-state index contributed by atoms with van der Waals surface area (Å²) in [6, 6.07) is 3.51. The number of aromatic nitrogens is 1. The second-order valence-corrected chi connectivity index (χ2v) is 5.54. The monoisotopic (exact) mass is 247 g/mol. The number of pyridine rings is 1. The molecule has 1 aliphatic heterocycles. The van der Waals surface area contributed by atoms with Crippen LogP contribution in [0.2, 0.25) is 0 Å². The Morgan fingerprint density at radius 1 is 1.44 bits per heavy atom. The lowest BCUT2D eigenvalue weighted by molar-refractivity contribution is 0.129. The standard InChI is InChI=1S/C15H25N3/c1-4-5-15-11-18(13(3)8-17-15)10-14-6-12(2)7-16-9-14/h6-7,9,13,15,17H,4-5,8,10-11H2,1-3H3. The summed E-state index contributed by atoms with van der Waals surface area (Å²) < 4.78 is 0. The topological polar surface area (TPSA) is 28.2 Å². The molecule has 100 valence electrons. The van der Waals surface area contributed by atoms with Gasteiger partial charge in [-0.3, -0.25) is 9.88 Å². The Hall–Kier alpha value is -0.930. The Labute approximate surface area is 111 Å². The molecule has 2 atom stereocenters. The first-order chi connectivity index (χ1) is 8.69. The van der Waals surface area contributed by atoms with Gasteiger partial charge >= 0.3 is 0 Å². The van der Waals surface area contributed by atoms with Crippen LogP contribution in [0.5, 0.6) is 0 Å². The van der Waals surface area contributed by atoms with Gasteiger partial charge in [-0.2, -0.15) is 0 Å². The van der Waals surface area contributed by atoms with Crippen molar-refractivity contribution < 1.29 is 0 Å². The summed E-state index contributed by atoms with van der Waals surface area (Å²) in [5, 5.41) is 3.64. The SMILES string of the molecule is CCCC1CN(Cc2cncc(C)c2)C(C)CN1. The molecule has 0 aromatic carbocycles. The van der Waals surface area contributed by atoms with Crippen molar-refractivity contribution in [2.24, 2.45) is 0 Å². The molecule has 2 heterocycles. The van der Waals surface area contributed by atoms with Gasteiger partial charge in [0.05, 0.1) is 0 Å². The van der Waals surface area contributed by atoms with Gasteiger partial charge in [0, 0.05) is 44.1 Å². The quantitative estimate of drug-likeness (QED) is 0.885. The first-order valence-corrected chi connectivity index (χ1v) is 7.07. The molecule has 3 heteroatoms. The van der Waals surface area contributed by atoms with Gasteiger partial charge in [-0.15, -0.1) is 0 Å². The highest BCUT2D eigenvalue weighted by molar-refractivity contribution is 5.16. The Bertz CT molecular complexity index is 378. The maximum Gasteiger partial charge on any atom is 0.0313 e. The van der Waals surface area contributed by atoms with Crippen LogP contribution in [0.25, 0.3) is 0 Å². The minimum absolute atomic E-state index is 0.610. The molecule has 0 amide bonds. The number of hydrogen-bond acceptors (Lipinski definition) is 3. The molecule has 0 saturated carbocycles. The molecule has 2 unspecified atom stereocenters. The summed E-state index contributed by atoms with van der Waals surface area (Å²) in [4.78, 5) is 6.86. The van der Waals surface area contributed by atoms with Gasteiger partial charge < -0.3 is 5.32 Å². The molecule has 1 saturated heterocycles. The zero-order valence-corrected chi connectivity index (χ0v) is 11.8. The van der Waals surface area contributed by atoms with Gasteiger partial charge in [-0.1, -0.05) is 19.4 Å². The minimum Gasteiger partial charge on any atom is -0.311 e. The van der Waals surface area contributed by atoms with E-state index in [9.17, 15) is 0 Å². The fourth-order valence-corrected chi connectivity index (χ4v) is 2.69. The number of nitrogens with zero attached hydrogens (tertiary/aromatic N) is 2. The Morgan fingerprint density at radius 3 is 3.00 bits per heavy atom. The second kappa shape index (κ2) is 6.30. The van der Waals surface area contributed by atoms with E-state index >= 15 is 0 Å². The lowest BCUT2D eigenvalue weighted by Gasteiger charge is -2.38. The van der Waals surface area contributed by atoms with E-state index in [1.165, 1.54) is 24.0 Å². The molecule has 1 aliphatic rings. The molecule has 0 bridgehead atoms. The minimum atomic E-state index is 0.610. The van der Waals surface area contributed by atoms with Crippen molar-refractivity contribution in [3.8, 4) is 0 Å². The predicted molar refractivity (Wildman–Crippen MR) is 75.5 cm³/mol. The molecule has 0 spiro atoms. The average molecular weight is 247 g/mol. The third-order valence-electron chi connectivity index (χ3n) is 3.73. The highest BCUT2D eigenvalue weighted by Crippen LogP contribution is 2.14. The molecule has 18 heavy (non-hydrogen) atoms. The Morgan fingerprint density at radius 2 is 2.28 bits per heavy atom. The third-order valence-corrected chi connectivity index (χ3v) is 3.73. The smallest absolute Gasteiger partial charge is 0.0313 e.